The summed E-state index contributed by atoms with van der Waals surface area (Å²) in [7, 11) is 1.87. The Kier molecular flexibility index (Phi) is 9.49. The van der Waals surface area contributed by atoms with E-state index in [1.807, 2.05) is 7.05 Å². The fraction of sp³-hybridized carbons (Fsp3) is 0.762. The van der Waals surface area contributed by atoms with Crippen LogP contribution in [0.1, 0.15) is 81.1 Å². The van der Waals surface area contributed by atoms with Crippen molar-refractivity contribution >= 4 is 6.41 Å². The van der Waals surface area contributed by atoms with Crippen LogP contribution in [0.25, 0.3) is 0 Å². The van der Waals surface area contributed by atoms with Gasteiger partial charge < -0.3 is 4.90 Å². The van der Waals surface area contributed by atoms with Gasteiger partial charge in [-0.3, -0.25) is 4.79 Å². The van der Waals surface area contributed by atoms with Crippen LogP contribution < -0.4 is 0 Å². The van der Waals surface area contributed by atoms with Crippen molar-refractivity contribution in [2.24, 2.45) is 17.3 Å². The molecule has 23 heavy (non-hydrogen) atoms. The minimum Gasteiger partial charge on any atom is -0.318 e. The van der Waals surface area contributed by atoms with Crippen LogP contribution in [-0.2, 0) is 4.79 Å². The van der Waals surface area contributed by atoms with Crippen molar-refractivity contribution in [2.75, 3.05) is 7.05 Å². The molecule has 0 fully saturated rings. The van der Waals surface area contributed by atoms with Crippen LogP contribution in [0.15, 0.2) is 22.9 Å². The molecule has 0 N–H and O–H groups in total. The van der Waals surface area contributed by atoms with Crippen molar-refractivity contribution in [3.05, 3.63) is 22.9 Å². The lowest BCUT2D eigenvalue weighted by Gasteiger charge is -2.39. The molecule has 0 aliphatic carbocycles. The van der Waals surface area contributed by atoms with Crippen LogP contribution in [0.3, 0.4) is 0 Å². The molecule has 0 saturated heterocycles. The summed E-state index contributed by atoms with van der Waals surface area (Å²) in [5.41, 5.74) is 3.86. The van der Waals surface area contributed by atoms with Gasteiger partial charge in [0.2, 0.25) is 6.41 Å². The van der Waals surface area contributed by atoms with Gasteiger partial charge in [-0.25, -0.2) is 0 Å². The Bertz CT molecular complexity index is 433. The van der Waals surface area contributed by atoms with E-state index in [1.54, 1.807) is 4.90 Å². The summed E-state index contributed by atoms with van der Waals surface area (Å²) < 4.78 is 0. The summed E-state index contributed by atoms with van der Waals surface area (Å²) in [5, 5.41) is 0. The number of carbonyl (C=O) groups is 1. The average molecular weight is 322 g/mol. The molecule has 0 aromatic carbocycles. The third kappa shape index (κ3) is 5.82. The van der Waals surface area contributed by atoms with E-state index >= 15 is 0 Å². The van der Waals surface area contributed by atoms with Crippen molar-refractivity contribution in [1.29, 1.82) is 0 Å². The number of nitrogens with zero attached hydrogens (tertiary/aromatic N) is 1. The molecule has 0 bridgehead atoms. The number of likely N-dealkylation sites (N-methyl/N-ethyl adjacent to an activating group) is 1. The van der Waals surface area contributed by atoms with E-state index < -0.39 is 0 Å². The van der Waals surface area contributed by atoms with Crippen LogP contribution in [0.2, 0.25) is 0 Å². The van der Waals surface area contributed by atoms with Crippen molar-refractivity contribution in [2.45, 2.75) is 81.1 Å². The summed E-state index contributed by atoms with van der Waals surface area (Å²) in [6, 6.07) is 0. The number of hydrogen-bond acceptors (Lipinski definition) is 1. The molecule has 0 radical (unpaired) electrons. The van der Waals surface area contributed by atoms with Crippen LogP contribution in [-0.4, -0.2) is 18.4 Å². The first-order valence-corrected chi connectivity index (χ1v) is 9.23. The predicted molar refractivity (Wildman–Crippen MR) is 102 cm³/mol. The molecule has 0 heterocycles. The van der Waals surface area contributed by atoms with Crippen molar-refractivity contribution < 1.29 is 4.79 Å². The van der Waals surface area contributed by atoms with Crippen LogP contribution in [0.5, 0.6) is 0 Å². The van der Waals surface area contributed by atoms with Gasteiger partial charge in [-0.15, -0.1) is 0 Å². The largest absolute Gasteiger partial charge is 0.318 e. The molecule has 0 aliphatic rings. The van der Waals surface area contributed by atoms with Crippen molar-refractivity contribution in [1.82, 2.24) is 4.90 Å². The van der Waals surface area contributed by atoms with Gasteiger partial charge in [0.05, 0.1) is 0 Å². The quantitative estimate of drug-likeness (QED) is 0.347. The monoisotopic (exact) mass is 321 g/mol. The Labute approximate surface area is 145 Å². The Morgan fingerprint density at radius 1 is 1.17 bits per heavy atom. The van der Waals surface area contributed by atoms with Gasteiger partial charge in [-0.1, -0.05) is 66.4 Å². The second kappa shape index (κ2) is 9.95. The van der Waals surface area contributed by atoms with Gasteiger partial charge in [-0.05, 0) is 49.2 Å². The fourth-order valence-corrected chi connectivity index (χ4v) is 3.00. The van der Waals surface area contributed by atoms with Gasteiger partial charge in [0.25, 0.3) is 0 Å². The van der Waals surface area contributed by atoms with Crippen LogP contribution in [0, 0.1) is 17.3 Å². The number of hydrogen-bond donors (Lipinski definition) is 0. The van der Waals surface area contributed by atoms with Crippen molar-refractivity contribution in [3.8, 4) is 0 Å². The third-order valence-electron chi connectivity index (χ3n) is 5.80. The molecule has 1 amide bonds. The molecule has 0 saturated carbocycles. The summed E-state index contributed by atoms with van der Waals surface area (Å²) in [6.07, 6.45) is 7.90. The van der Waals surface area contributed by atoms with Gasteiger partial charge >= 0.3 is 0 Å². The van der Waals surface area contributed by atoms with E-state index in [-0.39, 0.29) is 5.41 Å². The second-order valence-electron chi connectivity index (χ2n) is 7.60. The van der Waals surface area contributed by atoms with Gasteiger partial charge in [0.15, 0.2) is 0 Å². The standard InChI is InChI=1S/C21H39NO/c1-10-12-13-21(8,18(6)11-2)19(7)20(22(9)15-23)14-17(5)16(3)4/h14-16,18H,10-13H2,1-9H3/b17-14+,20-19-. The highest BCUT2D eigenvalue weighted by molar-refractivity contribution is 5.54. The maximum Gasteiger partial charge on any atom is 0.213 e. The van der Waals surface area contributed by atoms with Gasteiger partial charge in [0.1, 0.15) is 0 Å². The maximum absolute atomic E-state index is 11.4. The first-order chi connectivity index (χ1) is 10.6. The number of carbonyl (C=O) groups excluding carboxylic acids is 1. The van der Waals surface area contributed by atoms with Crippen LogP contribution in [0.4, 0.5) is 0 Å². The van der Waals surface area contributed by atoms with E-state index in [0.717, 1.165) is 18.5 Å². The van der Waals surface area contributed by atoms with E-state index in [1.165, 1.54) is 30.4 Å². The van der Waals surface area contributed by atoms with Crippen molar-refractivity contribution in [3.63, 3.8) is 0 Å². The van der Waals surface area contributed by atoms with E-state index in [9.17, 15) is 4.79 Å². The van der Waals surface area contributed by atoms with Crippen LogP contribution >= 0.6 is 0 Å². The average Bonchev–Trinajstić information content (AvgIpc) is 2.54. The molecule has 2 nitrogen and oxygen atoms in total. The highest BCUT2D eigenvalue weighted by atomic mass is 16.1. The maximum atomic E-state index is 11.4. The zero-order chi connectivity index (χ0) is 18.2. The van der Waals surface area contributed by atoms with E-state index in [4.69, 9.17) is 0 Å². The van der Waals surface area contributed by atoms with Gasteiger partial charge in [0, 0.05) is 12.7 Å². The number of amides is 1. The summed E-state index contributed by atoms with van der Waals surface area (Å²) in [4.78, 5) is 13.2. The zero-order valence-electron chi connectivity index (χ0n) is 17.0. The smallest absolute Gasteiger partial charge is 0.213 e. The normalized spacial score (nSPS) is 17.6. The molecular formula is C21H39NO. The molecule has 2 heteroatoms. The first-order valence-electron chi connectivity index (χ1n) is 9.23. The number of allylic oxidation sites excluding steroid dienone is 3. The Hall–Kier alpha value is -1.05. The third-order valence-corrected chi connectivity index (χ3v) is 5.80. The fourth-order valence-electron chi connectivity index (χ4n) is 3.00. The molecule has 0 aromatic heterocycles. The summed E-state index contributed by atoms with van der Waals surface area (Å²) in [6.45, 7) is 18.0. The van der Waals surface area contributed by atoms with E-state index in [0.29, 0.717) is 11.8 Å². The summed E-state index contributed by atoms with van der Waals surface area (Å²) >= 11 is 0. The lowest BCUT2D eigenvalue weighted by molar-refractivity contribution is -0.115. The molecule has 2 unspecified atom stereocenters. The second-order valence-corrected chi connectivity index (χ2v) is 7.60. The Morgan fingerprint density at radius 2 is 1.74 bits per heavy atom. The number of unbranched alkanes of at least 4 members (excludes halogenated alkanes) is 1. The summed E-state index contributed by atoms with van der Waals surface area (Å²) in [5.74, 6) is 1.08. The molecular weight excluding hydrogens is 282 g/mol. The first kappa shape index (κ1) is 21.9. The SMILES string of the molecule is CCCCC(C)(/C(C)=C(/C=C(\C)C(C)C)N(C)C=O)C(C)CC. The predicted octanol–water partition coefficient (Wildman–Crippen LogP) is 6.19. The van der Waals surface area contributed by atoms with Gasteiger partial charge in [-0.2, -0.15) is 0 Å². The Morgan fingerprint density at radius 3 is 2.13 bits per heavy atom. The molecule has 0 aromatic rings. The minimum atomic E-state index is 0.130. The minimum absolute atomic E-state index is 0.130. The lowest BCUT2D eigenvalue weighted by atomic mass is 9.67. The molecule has 0 rings (SSSR count). The Balaban J connectivity index is 6.14. The zero-order valence-corrected chi connectivity index (χ0v) is 17.0. The molecule has 2 atom stereocenters. The number of rotatable bonds is 10. The highest BCUT2D eigenvalue weighted by Gasteiger charge is 2.33. The van der Waals surface area contributed by atoms with E-state index in [2.05, 4.69) is 61.5 Å². The molecule has 0 aliphatic heterocycles. The molecule has 0 spiro atoms. The highest BCUT2D eigenvalue weighted by Crippen LogP contribution is 2.43. The molecule has 134 valence electrons. The lowest BCUT2D eigenvalue weighted by Crippen LogP contribution is -2.30. The topological polar surface area (TPSA) is 20.3 Å².